The summed E-state index contributed by atoms with van der Waals surface area (Å²) in [5, 5.41) is 9.45. The highest BCUT2D eigenvalue weighted by molar-refractivity contribution is 5.50. The summed E-state index contributed by atoms with van der Waals surface area (Å²) in [5.74, 6) is 1.28. The first kappa shape index (κ1) is 11.3. The molecule has 1 aromatic carbocycles. The number of aromatic hydroxyl groups is 1. The zero-order valence-electron chi connectivity index (χ0n) is 10.0. The van der Waals surface area contributed by atoms with Gasteiger partial charge in [-0.05, 0) is 30.9 Å². The molecule has 1 heterocycles. The maximum Gasteiger partial charge on any atom is 0.117 e. The van der Waals surface area contributed by atoms with Crippen LogP contribution in [0.1, 0.15) is 32.6 Å². The van der Waals surface area contributed by atoms with Gasteiger partial charge in [-0.1, -0.05) is 25.8 Å². The summed E-state index contributed by atoms with van der Waals surface area (Å²) in [4.78, 5) is 2.38. The van der Waals surface area contributed by atoms with Crippen molar-refractivity contribution >= 4 is 5.69 Å². The SMILES string of the molecule is CCCC1CCN(c2cccc(O)c2)CC1. The van der Waals surface area contributed by atoms with E-state index in [9.17, 15) is 5.11 Å². The highest BCUT2D eigenvalue weighted by Gasteiger charge is 2.18. The van der Waals surface area contributed by atoms with Gasteiger partial charge in [0.25, 0.3) is 0 Å². The summed E-state index contributed by atoms with van der Waals surface area (Å²) in [6.07, 6.45) is 5.26. The fraction of sp³-hybridized carbons (Fsp3) is 0.571. The molecule has 1 N–H and O–H groups in total. The van der Waals surface area contributed by atoms with Gasteiger partial charge in [-0.3, -0.25) is 0 Å². The Labute approximate surface area is 97.9 Å². The molecule has 0 unspecified atom stereocenters. The van der Waals surface area contributed by atoms with Crippen molar-refractivity contribution in [2.75, 3.05) is 18.0 Å². The third-order valence-corrected chi connectivity index (χ3v) is 3.51. The van der Waals surface area contributed by atoms with Gasteiger partial charge in [-0.25, -0.2) is 0 Å². The summed E-state index contributed by atoms with van der Waals surface area (Å²) in [7, 11) is 0. The van der Waals surface area contributed by atoms with E-state index in [4.69, 9.17) is 0 Å². The fourth-order valence-corrected chi connectivity index (χ4v) is 2.58. The van der Waals surface area contributed by atoms with E-state index in [1.165, 1.54) is 25.7 Å². The quantitative estimate of drug-likeness (QED) is 0.842. The normalized spacial score (nSPS) is 17.7. The van der Waals surface area contributed by atoms with Crippen molar-refractivity contribution in [1.29, 1.82) is 0 Å². The van der Waals surface area contributed by atoms with Crippen LogP contribution in [0.5, 0.6) is 5.75 Å². The fourth-order valence-electron chi connectivity index (χ4n) is 2.58. The summed E-state index contributed by atoms with van der Waals surface area (Å²) in [6.45, 7) is 4.53. The topological polar surface area (TPSA) is 23.5 Å². The summed E-state index contributed by atoms with van der Waals surface area (Å²) >= 11 is 0. The highest BCUT2D eigenvalue weighted by Crippen LogP contribution is 2.27. The number of piperidine rings is 1. The van der Waals surface area contributed by atoms with E-state index >= 15 is 0 Å². The molecule has 0 bridgehead atoms. The minimum absolute atomic E-state index is 0.369. The molecule has 0 aromatic heterocycles. The summed E-state index contributed by atoms with van der Waals surface area (Å²) in [6, 6.07) is 7.59. The molecule has 2 nitrogen and oxygen atoms in total. The number of hydrogen-bond donors (Lipinski definition) is 1. The van der Waals surface area contributed by atoms with Crippen LogP contribution in [0.25, 0.3) is 0 Å². The van der Waals surface area contributed by atoms with Gasteiger partial charge in [-0.15, -0.1) is 0 Å². The Morgan fingerprint density at radius 2 is 2.06 bits per heavy atom. The average molecular weight is 219 g/mol. The molecule has 0 radical (unpaired) electrons. The van der Waals surface area contributed by atoms with Crippen molar-refractivity contribution in [3.05, 3.63) is 24.3 Å². The number of anilines is 1. The largest absolute Gasteiger partial charge is 0.508 e. The Bertz CT molecular complexity index is 329. The van der Waals surface area contributed by atoms with Crippen molar-refractivity contribution in [2.24, 2.45) is 5.92 Å². The van der Waals surface area contributed by atoms with Crippen LogP contribution in [0.15, 0.2) is 24.3 Å². The van der Waals surface area contributed by atoms with Gasteiger partial charge in [-0.2, -0.15) is 0 Å². The molecule has 0 spiro atoms. The van der Waals surface area contributed by atoms with Gasteiger partial charge in [0.05, 0.1) is 0 Å². The lowest BCUT2D eigenvalue weighted by Crippen LogP contribution is -2.33. The summed E-state index contributed by atoms with van der Waals surface area (Å²) < 4.78 is 0. The zero-order chi connectivity index (χ0) is 11.4. The average Bonchev–Trinajstić information content (AvgIpc) is 2.30. The van der Waals surface area contributed by atoms with Crippen molar-refractivity contribution in [3.8, 4) is 5.75 Å². The van der Waals surface area contributed by atoms with Crippen LogP contribution < -0.4 is 4.90 Å². The van der Waals surface area contributed by atoms with Crippen LogP contribution in [0.2, 0.25) is 0 Å². The first-order valence-electron chi connectivity index (χ1n) is 6.33. The monoisotopic (exact) mass is 219 g/mol. The lowest BCUT2D eigenvalue weighted by Gasteiger charge is -2.33. The van der Waals surface area contributed by atoms with E-state index < -0.39 is 0 Å². The van der Waals surface area contributed by atoms with Crippen LogP contribution in [0.3, 0.4) is 0 Å². The lowest BCUT2D eigenvalue weighted by molar-refractivity contribution is 0.378. The molecule has 1 fully saturated rings. The Morgan fingerprint density at radius 3 is 2.69 bits per heavy atom. The molecule has 88 valence electrons. The molecule has 0 amide bonds. The molecule has 1 aromatic rings. The Morgan fingerprint density at radius 1 is 1.31 bits per heavy atom. The minimum Gasteiger partial charge on any atom is -0.508 e. The predicted octanol–water partition coefficient (Wildman–Crippen LogP) is 3.41. The van der Waals surface area contributed by atoms with E-state index in [1.54, 1.807) is 6.07 Å². The smallest absolute Gasteiger partial charge is 0.117 e. The van der Waals surface area contributed by atoms with Crippen molar-refractivity contribution in [3.63, 3.8) is 0 Å². The zero-order valence-corrected chi connectivity index (χ0v) is 10.0. The molecule has 2 heteroatoms. The van der Waals surface area contributed by atoms with Gasteiger partial charge in [0.2, 0.25) is 0 Å². The summed E-state index contributed by atoms with van der Waals surface area (Å²) in [5.41, 5.74) is 1.16. The third kappa shape index (κ3) is 2.69. The van der Waals surface area contributed by atoms with E-state index in [0.717, 1.165) is 24.7 Å². The van der Waals surface area contributed by atoms with E-state index in [0.29, 0.717) is 5.75 Å². The first-order chi connectivity index (χ1) is 7.79. The van der Waals surface area contributed by atoms with E-state index in [-0.39, 0.29) is 0 Å². The molecule has 1 saturated heterocycles. The van der Waals surface area contributed by atoms with Crippen molar-refractivity contribution < 1.29 is 5.11 Å². The van der Waals surface area contributed by atoms with Crippen LogP contribution in [-0.4, -0.2) is 18.2 Å². The first-order valence-corrected chi connectivity index (χ1v) is 6.33. The minimum atomic E-state index is 0.369. The van der Waals surface area contributed by atoms with Gasteiger partial charge < -0.3 is 10.0 Å². The predicted molar refractivity (Wildman–Crippen MR) is 68.0 cm³/mol. The Hall–Kier alpha value is -1.18. The number of hydrogen-bond acceptors (Lipinski definition) is 2. The molecule has 0 saturated carbocycles. The van der Waals surface area contributed by atoms with Crippen LogP contribution in [0.4, 0.5) is 5.69 Å². The second-order valence-corrected chi connectivity index (χ2v) is 4.74. The maximum absolute atomic E-state index is 9.45. The number of phenols is 1. The Kier molecular flexibility index (Phi) is 3.70. The highest BCUT2D eigenvalue weighted by atomic mass is 16.3. The molecule has 0 atom stereocenters. The Balaban J connectivity index is 1.94. The molecular formula is C14H21NO. The van der Waals surface area contributed by atoms with Gasteiger partial charge in [0.15, 0.2) is 0 Å². The molecule has 16 heavy (non-hydrogen) atoms. The van der Waals surface area contributed by atoms with Gasteiger partial charge >= 0.3 is 0 Å². The molecule has 0 aliphatic carbocycles. The van der Waals surface area contributed by atoms with E-state index in [2.05, 4.69) is 17.9 Å². The van der Waals surface area contributed by atoms with Gasteiger partial charge in [0, 0.05) is 24.8 Å². The number of nitrogens with zero attached hydrogens (tertiary/aromatic N) is 1. The van der Waals surface area contributed by atoms with E-state index in [1.807, 2.05) is 12.1 Å². The van der Waals surface area contributed by atoms with Crippen LogP contribution in [0, 0.1) is 5.92 Å². The third-order valence-electron chi connectivity index (χ3n) is 3.51. The molecule has 1 aliphatic rings. The number of rotatable bonds is 3. The second kappa shape index (κ2) is 5.24. The van der Waals surface area contributed by atoms with Crippen molar-refractivity contribution in [1.82, 2.24) is 0 Å². The van der Waals surface area contributed by atoms with Crippen molar-refractivity contribution in [2.45, 2.75) is 32.6 Å². The lowest BCUT2D eigenvalue weighted by atomic mass is 9.92. The van der Waals surface area contributed by atoms with Crippen LogP contribution >= 0.6 is 0 Å². The molecule has 1 aliphatic heterocycles. The molecular weight excluding hydrogens is 198 g/mol. The second-order valence-electron chi connectivity index (χ2n) is 4.74. The molecule has 2 rings (SSSR count). The van der Waals surface area contributed by atoms with Gasteiger partial charge in [0.1, 0.15) is 5.75 Å². The number of benzene rings is 1. The maximum atomic E-state index is 9.45. The standard InChI is InChI=1S/C14H21NO/c1-2-4-12-7-9-15(10-8-12)13-5-3-6-14(16)11-13/h3,5-6,11-12,16H,2,4,7-10H2,1H3. The van der Waals surface area contributed by atoms with Crippen LogP contribution in [-0.2, 0) is 0 Å². The number of phenolic OH excluding ortho intramolecular Hbond substituents is 1.